The topological polar surface area (TPSA) is 9.23 Å². The summed E-state index contributed by atoms with van der Waals surface area (Å²) in [5, 5.41) is 7.26. The zero-order valence-electron chi connectivity index (χ0n) is 23.0. The molecule has 0 saturated heterocycles. The molecule has 0 amide bonds. The first kappa shape index (κ1) is 24.6. The second-order valence-electron chi connectivity index (χ2n) is 10.9. The van der Waals surface area contributed by atoms with Gasteiger partial charge in [-0.3, -0.25) is 0 Å². The molecule has 194 valence electrons. The molecule has 0 aliphatic heterocycles. The van der Waals surface area contributed by atoms with Gasteiger partial charge in [0, 0.05) is 36.5 Å². The molecule has 0 spiro atoms. The van der Waals surface area contributed by atoms with Crippen LogP contribution in [0.1, 0.15) is 37.8 Å². The molecule has 0 fully saturated rings. The van der Waals surface area contributed by atoms with Crippen LogP contribution in [0.15, 0.2) is 116 Å². The van der Waals surface area contributed by atoms with Gasteiger partial charge in [-0.15, -0.1) is 11.3 Å². The highest BCUT2D eigenvalue weighted by Crippen LogP contribution is 2.48. The molecule has 7 rings (SSSR count). The normalized spacial score (nSPS) is 11.7. The van der Waals surface area contributed by atoms with Crippen LogP contribution in [0.5, 0.6) is 11.5 Å². The summed E-state index contributed by atoms with van der Waals surface area (Å²) in [6.07, 6.45) is 0. The summed E-state index contributed by atoms with van der Waals surface area (Å²) in [4.78, 5) is 0. The first-order valence-corrected chi connectivity index (χ1v) is 14.6. The first-order valence-electron chi connectivity index (χ1n) is 13.8. The number of rotatable bonds is 5. The maximum absolute atomic E-state index is 6.81. The maximum Gasteiger partial charge on any atom is 0.143 e. The molecule has 7 aromatic rings. The van der Waals surface area contributed by atoms with E-state index in [0.717, 1.165) is 33.4 Å². The SMILES string of the molecule is C=C(C)c1ccccc1Oc1c2ccccc2c(-c2cc(C(C)C)c3sc4ccccc4c3c2)c2ccccc12. The molecule has 1 heterocycles. The molecule has 1 aromatic heterocycles. The molecule has 0 unspecified atom stereocenters. The fourth-order valence-corrected chi connectivity index (χ4v) is 7.30. The van der Waals surface area contributed by atoms with Gasteiger partial charge in [0.25, 0.3) is 0 Å². The second-order valence-corrected chi connectivity index (χ2v) is 11.9. The Kier molecular flexibility index (Phi) is 5.95. The molecule has 0 aliphatic carbocycles. The van der Waals surface area contributed by atoms with E-state index < -0.39 is 0 Å². The number of para-hydroxylation sites is 1. The molecular formula is C38H30OS. The van der Waals surface area contributed by atoms with E-state index in [-0.39, 0.29) is 0 Å². The predicted molar refractivity (Wildman–Crippen MR) is 175 cm³/mol. The van der Waals surface area contributed by atoms with Crippen molar-refractivity contribution in [3.8, 4) is 22.6 Å². The van der Waals surface area contributed by atoms with Gasteiger partial charge in [0.2, 0.25) is 0 Å². The van der Waals surface area contributed by atoms with Crippen LogP contribution in [0.2, 0.25) is 0 Å². The lowest BCUT2D eigenvalue weighted by molar-refractivity contribution is 0.492. The predicted octanol–water partition coefficient (Wildman–Crippen LogP) is 12.0. The highest BCUT2D eigenvalue weighted by Gasteiger charge is 2.20. The molecule has 0 saturated carbocycles. The van der Waals surface area contributed by atoms with Crippen LogP contribution in [0, 0.1) is 0 Å². The van der Waals surface area contributed by atoms with E-state index in [1.54, 1.807) is 0 Å². The number of hydrogen-bond donors (Lipinski definition) is 0. The Bertz CT molecular complexity index is 2040. The van der Waals surface area contributed by atoms with Crippen molar-refractivity contribution in [2.45, 2.75) is 26.7 Å². The van der Waals surface area contributed by atoms with Gasteiger partial charge in [-0.05, 0) is 70.1 Å². The fraction of sp³-hybridized carbons (Fsp3) is 0.105. The maximum atomic E-state index is 6.81. The summed E-state index contributed by atoms with van der Waals surface area (Å²) >= 11 is 1.91. The standard InChI is InChI=1S/C38H30OS/c1-23(2)26-13-9-11-19-34(26)39-37-30-17-7-5-15-28(30)36(29-16-6-8-18-31(29)37)25-21-32(24(3)4)38-33(22-25)27-14-10-12-20-35(27)40-38/h5-22,24H,1H2,2-4H3. The van der Waals surface area contributed by atoms with Crippen molar-refractivity contribution >= 4 is 58.6 Å². The third-order valence-corrected chi connectivity index (χ3v) is 9.09. The Balaban J connectivity index is 1.57. The van der Waals surface area contributed by atoms with Crippen molar-refractivity contribution in [3.05, 3.63) is 127 Å². The van der Waals surface area contributed by atoms with Crippen molar-refractivity contribution in [1.82, 2.24) is 0 Å². The zero-order valence-corrected chi connectivity index (χ0v) is 23.8. The zero-order chi connectivity index (χ0) is 27.4. The Morgan fingerprint density at radius 1 is 0.675 bits per heavy atom. The summed E-state index contributed by atoms with van der Waals surface area (Å²) in [6.45, 7) is 10.8. The van der Waals surface area contributed by atoms with Crippen LogP contribution in [0.3, 0.4) is 0 Å². The molecule has 0 aliphatic rings. The molecule has 0 atom stereocenters. The highest BCUT2D eigenvalue weighted by atomic mass is 32.1. The quantitative estimate of drug-likeness (QED) is 0.200. The average Bonchev–Trinajstić information content (AvgIpc) is 3.35. The molecule has 0 radical (unpaired) electrons. The van der Waals surface area contributed by atoms with E-state index in [4.69, 9.17) is 4.74 Å². The molecular weight excluding hydrogens is 504 g/mol. The minimum Gasteiger partial charge on any atom is -0.455 e. The van der Waals surface area contributed by atoms with Gasteiger partial charge >= 0.3 is 0 Å². The highest BCUT2D eigenvalue weighted by molar-refractivity contribution is 7.26. The third kappa shape index (κ3) is 3.91. The summed E-state index contributed by atoms with van der Waals surface area (Å²) in [5.41, 5.74) is 5.92. The van der Waals surface area contributed by atoms with E-state index in [0.29, 0.717) is 5.92 Å². The Morgan fingerprint density at radius 2 is 1.25 bits per heavy atom. The van der Waals surface area contributed by atoms with E-state index >= 15 is 0 Å². The van der Waals surface area contributed by atoms with Gasteiger partial charge < -0.3 is 4.74 Å². The number of thiophene rings is 1. The van der Waals surface area contributed by atoms with Crippen LogP contribution in [-0.2, 0) is 0 Å². The minimum atomic E-state index is 0.411. The van der Waals surface area contributed by atoms with Crippen LogP contribution in [-0.4, -0.2) is 0 Å². The number of fused-ring (bicyclic) bond motifs is 5. The second kappa shape index (κ2) is 9.66. The van der Waals surface area contributed by atoms with Gasteiger partial charge in [0.1, 0.15) is 11.5 Å². The first-order chi connectivity index (χ1) is 19.5. The van der Waals surface area contributed by atoms with Gasteiger partial charge in [0.15, 0.2) is 0 Å². The van der Waals surface area contributed by atoms with Crippen molar-refractivity contribution in [3.63, 3.8) is 0 Å². The summed E-state index contributed by atoms with van der Waals surface area (Å²) in [7, 11) is 0. The molecule has 0 bridgehead atoms. The number of benzene rings is 6. The molecule has 2 heteroatoms. The molecule has 6 aromatic carbocycles. The van der Waals surface area contributed by atoms with Crippen LogP contribution >= 0.6 is 11.3 Å². The fourth-order valence-electron chi connectivity index (χ4n) is 5.95. The van der Waals surface area contributed by atoms with Crippen LogP contribution in [0.4, 0.5) is 0 Å². The van der Waals surface area contributed by atoms with Crippen molar-refractivity contribution in [2.24, 2.45) is 0 Å². The average molecular weight is 535 g/mol. The Morgan fingerprint density at radius 3 is 1.90 bits per heavy atom. The monoisotopic (exact) mass is 534 g/mol. The van der Waals surface area contributed by atoms with E-state index in [9.17, 15) is 0 Å². The summed E-state index contributed by atoms with van der Waals surface area (Å²) in [5.74, 6) is 2.12. The van der Waals surface area contributed by atoms with Crippen molar-refractivity contribution in [1.29, 1.82) is 0 Å². The molecule has 1 nitrogen and oxygen atoms in total. The number of hydrogen-bond acceptors (Lipinski definition) is 2. The molecule has 0 N–H and O–H groups in total. The van der Waals surface area contributed by atoms with Crippen LogP contribution < -0.4 is 4.74 Å². The van der Waals surface area contributed by atoms with E-state index in [1.807, 2.05) is 36.5 Å². The largest absolute Gasteiger partial charge is 0.455 e. The van der Waals surface area contributed by atoms with E-state index in [1.165, 1.54) is 47.6 Å². The number of allylic oxidation sites excluding steroid dienone is 1. The van der Waals surface area contributed by atoms with Gasteiger partial charge in [0.05, 0.1) is 0 Å². The van der Waals surface area contributed by atoms with E-state index in [2.05, 4.69) is 111 Å². The number of ether oxygens (including phenoxy) is 1. The van der Waals surface area contributed by atoms with Gasteiger partial charge in [-0.1, -0.05) is 105 Å². The third-order valence-electron chi connectivity index (χ3n) is 7.86. The lowest BCUT2D eigenvalue weighted by Gasteiger charge is -2.20. The van der Waals surface area contributed by atoms with Crippen molar-refractivity contribution < 1.29 is 4.74 Å². The Hall–Kier alpha value is -4.40. The van der Waals surface area contributed by atoms with Crippen molar-refractivity contribution in [2.75, 3.05) is 0 Å². The van der Waals surface area contributed by atoms with Gasteiger partial charge in [-0.2, -0.15) is 0 Å². The lowest BCUT2D eigenvalue weighted by atomic mass is 9.88. The van der Waals surface area contributed by atoms with Crippen LogP contribution in [0.25, 0.3) is 58.4 Å². The summed E-state index contributed by atoms with van der Waals surface area (Å²) < 4.78 is 9.54. The summed E-state index contributed by atoms with van der Waals surface area (Å²) in [6, 6.07) is 39.1. The Labute approximate surface area is 239 Å². The van der Waals surface area contributed by atoms with Gasteiger partial charge in [-0.25, -0.2) is 0 Å². The smallest absolute Gasteiger partial charge is 0.143 e. The molecule has 40 heavy (non-hydrogen) atoms. The minimum absolute atomic E-state index is 0.411. The lowest BCUT2D eigenvalue weighted by Crippen LogP contribution is -1.95.